The Bertz CT molecular complexity index is 849. The Hall–Kier alpha value is -2.35. The van der Waals surface area contributed by atoms with Crippen molar-refractivity contribution in [2.75, 3.05) is 54.2 Å². The molecule has 2 aromatic rings. The number of methoxy groups -OCH3 is 3. The van der Waals surface area contributed by atoms with Gasteiger partial charge in [0.1, 0.15) is 18.8 Å². The number of likely N-dealkylation sites (tertiary alicyclic amines) is 1. The largest absolute Gasteiger partial charge is 0.493 e. The summed E-state index contributed by atoms with van der Waals surface area (Å²) >= 11 is 0. The third-order valence-electron chi connectivity index (χ3n) is 5.93. The van der Waals surface area contributed by atoms with E-state index in [2.05, 4.69) is 11.0 Å². The van der Waals surface area contributed by atoms with Gasteiger partial charge in [-0.1, -0.05) is 18.2 Å². The van der Waals surface area contributed by atoms with E-state index in [-0.39, 0.29) is 11.6 Å². The molecular weight excluding hydrogens is 413 g/mol. The number of benzene rings is 2. The van der Waals surface area contributed by atoms with E-state index in [4.69, 9.17) is 23.7 Å². The van der Waals surface area contributed by atoms with E-state index in [1.54, 1.807) is 39.5 Å². The van der Waals surface area contributed by atoms with Crippen LogP contribution in [0, 0.1) is 5.82 Å². The topological polar surface area (TPSA) is 49.4 Å². The first-order valence-electron chi connectivity index (χ1n) is 11.0. The molecule has 1 atom stereocenters. The van der Waals surface area contributed by atoms with Gasteiger partial charge in [-0.3, -0.25) is 4.90 Å². The Balaban J connectivity index is 1.60. The van der Waals surface area contributed by atoms with Crippen LogP contribution >= 0.6 is 0 Å². The van der Waals surface area contributed by atoms with E-state index in [1.807, 2.05) is 12.1 Å². The lowest BCUT2D eigenvalue weighted by atomic mass is 9.95. The second-order valence-corrected chi connectivity index (χ2v) is 8.06. The van der Waals surface area contributed by atoms with Crippen LogP contribution in [0.15, 0.2) is 42.5 Å². The molecule has 1 fully saturated rings. The van der Waals surface area contributed by atoms with Gasteiger partial charge in [0.15, 0.2) is 23.1 Å². The van der Waals surface area contributed by atoms with Gasteiger partial charge in [-0.05, 0) is 55.6 Å². The second kappa shape index (κ2) is 12.0. The predicted octanol–water partition coefficient (Wildman–Crippen LogP) is 4.31. The van der Waals surface area contributed by atoms with Crippen molar-refractivity contribution in [2.24, 2.45) is 0 Å². The van der Waals surface area contributed by atoms with Crippen LogP contribution in [-0.2, 0) is 16.0 Å². The van der Waals surface area contributed by atoms with E-state index in [9.17, 15) is 4.39 Å². The molecule has 176 valence electrons. The first-order chi connectivity index (χ1) is 15.6. The quantitative estimate of drug-likeness (QED) is 0.479. The standard InChI is InChI=1S/C25H34FNO5/c1-28-15-16-31-24-17-20(9-10-23(24)29-2)18-27-13-6-11-25(30-3,12-14-27)19-32-22-8-5-4-7-21(22)26/h4-5,7-10,17H,6,11-16,18-19H2,1-3H3/t25-/m1/s1. The molecule has 32 heavy (non-hydrogen) atoms. The monoisotopic (exact) mass is 447 g/mol. The van der Waals surface area contributed by atoms with E-state index >= 15 is 0 Å². The number of rotatable bonds is 11. The Kier molecular flexibility index (Phi) is 9.14. The van der Waals surface area contributed by atoms with E-state index < -0.39 is 5.60 Å². The highest BCUT2D eigenvalue weighted by atomic mass is 19.1. The minimum absolute atomic E-state index is 0.268. The molecular formula is C25H34FNO5. The summed E-state index contributed by atoms with van der Waals surface area (Å²) in [5.74, 6) is 1.35. The molecule has 0 aliphatic carbocycles. The van der Waals surface area contributed by atoms with Gasteiger partial charge in [-0.2, -0.15) is 0 Å². The molecule has 0 amide bonds. The summed E-state index contributed by atoms with van der Waals surface area (Å²) in [6, 6.07) is 12.5. The van der Waals surface area contributed by atoms with Crippen LogP contribution in [-0.4, -0.2) is 64.7 Å². The first kappa shape index (κ1) is 24.3. The molecule has 2 aromatic carbocycles. The zero-order chi connectivity index (χ0) is 22.8. The maximum Gasteiger partial charge on any atom is 0.165 e. The van der Waals surface area contributed by atoms with Crippen LogP contribution in [0.4, 0.5) is 4.39 Å². The predicted molar refractivity (Wildman–Crippen MR) is 121 cm³/mol. The van der Waals surface area contributed by atoms with Gasteiger partial charge in [-0.25, -0.2) is 4.39 Å². The van der Waals surface area contributed by atoms with Crippen LogP contribution in [0.5, 0.6) is 17.2 Å². The molecule has 0 bridgehead atoms. The molecule has 1 aliphatic rings. The van der Waals surface area contributed by atoms with Crippen LogP contribution < -0.4 is 14.2 Å². The molecule has 0 saturated carbocycles. The van der Waals surface area contributed by atoms with Gasteiger partial charge in [0.05, 0.1) is 13.7 Å². The SMILES string of the molecule is COCCOc1cc(CN2CCC[C@@](COc3ccccc3F)(OC)CC2)ccc1OC. The Morgan fingerprint density at radius 2 is 1.75 bits per heavy atom. The van der Waals surface area contributed by atoms with Crippen molar-refractivity contribution in [3.05, 3.63) is 53.8 Å². The average Bonchev–Trinajstić information content (AvgIpc) is 3.02. The fourth-order valence-electron chi connectivity index (χ4n) is 3.99. The van der Waals surface area contributed by atoms with Crippen molar-refractivity contribution >= 4 is 0 Å². The molecule has 0 spiro atoms. The van der Waals surface area contributed by atoms with Crippen LogP contribution in [0.3, 0.4) is 0 Å². The van der Waals surface area contributed by atoms with Crippen molar-refractivity contribution in [3.8, 4) is 17.2 Å². The van der Waals surface area contributed by atoms with Crippen molar-refractivity contribution in [2.45, 2.75) is 31.4 Å². The molecule has 1 heterocycles. The molecule has 7 heteroatoms. The van der Waals surface area contributed by atoms with E-state index in [1.165, 1.54) is 6.07 Å². The highest BCUT2D eigenvalue weighted by Crippen LogP contribution is 2.31. The number of nitrogens with zero attached hydrogens (tertiary/aromatic N) is 1. The summed E-state index contributed by atoms with van der Waals surface area (Å²) in [5.41, 5.74) is 0.733. The molecule has 0 aromatic heterocycles. The first-order valence-corrected chi connectivity index (χ1v) is 11.0. The van der Waals surface area contributed by atoms with Crippen LogP contribution in [0.1, 0.15) is 24.8 Å². The fourth-order valence-corrected chi connectivity index (χ4v) is 3.99. The molecule has 1 aliphatic heterocycles. The Morgan fingerprint density at radius 1 is 0.906 bits per heavy atom. The highest BCUT2D eigenvalue weighted by molar-refractivity contribution is 5.43. The third-order valence-corrected chi connectivity index (χ3v) is 5.93. The molecule has 0 N–H and O–H groups in total. The average molecular weight is 448 g/mol. The number of ether oxygens (including phenoxy) is 5. The lowest BCUT2D eigenvalue weighted by Crippen LogP contribution is -2.39. The maximum absolute atomic E-state index is 13.9. The zero-order valence-corrected chi connectivity index (χ0v) is 19.3. The molecule has 0 unspecified atom stereocenters. The van der Waals surface area contributed by atoms with Gasteiger partial charge < -0.3 is 23.7 Å². The highest BCUT2D eigenvalue weighted by Gasteiger charge is 2.34. The summed E-state index contributed by atoms with van der Waals surface area (Å²) in [7, 11) is 5.01. The van der Waals surface area contributed by atoms with Crippen LogP contribution in [0.2, 0.25) is 0 Å². The van der Waals surface area contributed by atoms with Crippen molar-refractivity contribution in [1.29, 1.82) is 0 Å². The van der Waals surface area contributed by atoms with Crippen molar-refractivity contribution in [3.63, 3.8) is 0 Å². The summed E-state index contributed by atoms with van der Waals surface area (Å²) < 4.78 is 42.0. The van der Waals surface area contributed by atoms with E-state index in [0.717, 1.165) is 50.2 Å². The summed E-state index contributed by atoms with van der Waals surface area (Å²) in [6.45, 7) is 3.94. The minimum atomic E-state index is -0.425. The number of hydrogen-bond donors (Lipinski definition) is 0. The minimum Gasteiger partial charge on any atom is -0.493 e. The zero-order valence-electron chi connectivity index (χ0n) is 19.3. The van der Waals surface area contributed by atoms with Gasteiger partial charge in [0.25, 0.3) is 0 Å². The second-order valence-electron chi connectivity index (χ2n) is 8.06. The Morgan fingerprint density at radius 3 is 2.50 bits per heavy atom. The summed E-state index contributed by atoms with van der Waals surface area (Å²) in [5, 5.41) is 0. The number of para-hydroxylation sites is 1. The van der Waals surface area contributed by atoms with Crippen molar-refractivity contribution in [1.82, 2.24) is 4.90 Å². The van der Waals surface area contributed by atoms with Gasteiger partial charge in [0.2, 0.25) is 0 Å². The summed E-state index contributed by atoms with van der Waals surface area (Å²) in [6.07, 6.45) is 2.65. The van der Waals surface area contributed by atoms with Crippen molar-refractivity contribution < 1.29 is 28.1 Å². The third kappa shape index (κ3) is 6.58. The van der Waals surface area contributed by atoms with Gasteiger partial charge in [-0.15, -0.1) is 0 Å². The molecule has 0 radical (unpaired) electrons. The Labute approximate surface area is 190 Å². The lowest BCUT2D eigenvalue weighted by molar-refractivity contribution is -0.0548. The maximum atomic E-state index is 13.9. The molecule has 1 saturated heterocycles. The van der Waals surface area contributed by atoms with Gasteiger partial charge in [0, 0.05) is 27.3 Å². The lowest BCUT2D eigenvalue weighted by Gasteiger charge is -2.31. The van der Waals surface area contributed by atoms with E-state index in [0.29, 0.717) is 25.6 Å². The molecule has 3 rings (SSSR count). The van der Waals surface area contributed by atoms with Crippen LogP contribution in [0.25, 0.3) is 0 Å². The normalized spacial score (nSPS) is 19.4. The van der Waals surface area contributed by atoms with Gasteiger partial charge >= 0.3 is 0 Å². The summed E-state index contributed by atoms with van der Waals surface area (Å²) in [4.78, 5) is 2.41. The molecule has 6 nitrogen and oxygen atoms in total. The smallest absolute Gasteiger partial charge is 0.165 e. The number of halogens is 1. The fraction of sp³-hybridized carbons (Fsp3) is 0.520. The number of hydrogen-bond acceptors (Lipinski definition) is 6.